The van der Waals surface area contributed by atoms with Crippen LogP contribution in [0.5, 0.6) is 0 Å². The summed E-state index contributed by atoms with van der Waals surface area (Å²) in [5.74, 6) is 2.64. The maximum atomic E-state index is 9.10. The molecule has 1 aliphatic carbocycles. The highest BCUT2D eigenvalue weighted by molar-refractivity contribution is 5.72. The Morgan fingerprint density at radius 2 is 1.75 bits per heavy atom. The van der Waals surface area contributed by atoms with Gasteiger partial charge in [-0.3, -0.25) is 4.57 Å². The Kier molecular flexibility index (Phi) is 3.65. The number of nitrogens with zero attached hydrogens (tertiary/aromatic N) is 6. The van der Waals surface area contributed by atoms with Crippen LogP contribution in [0.3, 0.4) is 0 Å². The summed E-state index contributed by atoms with van der Waals surface area (Å²) >= 11 is 0. The molecule has 2 unspecified atom stereocenters. The molecule has 6 heteroatoms. The van der Waals surface area contributed by atoms with Crippen molar-refractivity contribution in [2.75, 3.05) is 18.0 Å². The summed E-state index contributed by atoms with van der Waals surface area (Å²) in [6.07, 6.45) is 6.78. The first-order valence-corrected chi connectivity index (χ1v) is 11.3. The SMILES string of the molecule is N#Cc1ccc(-c2cc3n(c2)Cc2cc(N4CC5CCC5C4)ccc2-n2cnnc2-3)cc1. The third-order valence-corrected chi connectivity index (χ3v) is 7.53. The number of rotatable bonds is 2. The average molecular weight is 419 g/mol. The first-order valence-electron chi connectivity index (χ1n) is 11.3. The van der Waals surface area contributed by atoms with Crippen molar-refractivity contribution in [1.29, 1.82) is 5.26 Å². The molecule has 1 saturated heterocycles. The van der Waals surface area contributed by atoms with Crippen LogP contribution in [-0.4, -0.2) is 32.4 Å². The van der Waals surface area contributed by atoms with Crippen LogP contribution < -0.4 is 4.90 Å². The number of aromatic nitrogens is 4. The molecule has 0 amide bonds. The first kappa shape index (κ1) is 17.8. The summed E-state index contributed by atoms with van der Waals surface area (Å²) < 4.78 is 4.38. The average Bonchev–Trinajstić information content (AvgIpc) is 3.50. The van der Waals surface area contributed by atoms with Crippen molar-refractivity contribution < 1.29 is 0 Å². The lowest BCUT2D eigenvalue weighted by Crippen LogP contribution is -2.22. The molecule has 3 aliphatic rings. The fourth-order valence-corrected chi connectivity index (χ4v) is 5.59. The lowest BCUT2D eigenvalue weighted by atomic mass is 9.77. The highest BCUT2D eigenvalue weighted by Crippen LogP contribution is 2.43. The van der Waals surface area contributed by atoms with Crippen LogP contribution >= 0.6 is 0 Å². The third-order valence-electron chi connectivity index (χ3n) is 7.53. The zero-order valence-electron chi connectivity index (χ0n) is 17.6. The molecule has 1 saturated carbocycles. The summed E-state index contributed by atoms with van der Waals surface area (Å²) in [6, 6.07) is 19.0. The van der Waals surface area contributed by atoms with Gasteiger partial charge < -0.3 is 9.47 Å². The summed E-state index contributed by atoms with van der Waals surface area (Å²) in [6.45, 7) is 3.18. The number of hydrogen-bond donors (Lipinski definition) is 0. The van der Waals surface area contributed by atoms with Gasteiger partial charge >= 0.3 is 0 Å². The van der Waals surface area contributed by atoms with Gasteiger partial charge in [-0.2, -0.15) is 5.26 Å². The van der Waals surface area contributed by atoms with E-state index < -0.39 is 0 Å². The highest BCUT2D eigenvalue weighted by Gasteiger charge is 2.39. The predicted molar refractivity (Wildman–Crippen MR) is 122 cm³/mol. The van der Waals surface area contributed by atoms with Crippen LogP contribution in [0.4, 0.5) is 5.69 Å². The molecule has 0 radical (unpaired) electrons. The Labute approximate surface area is 186 Å². The molecular formula is C26H22N6. The minimum Gasteiger partial charge on any atom is -0.371 e. The zero-order valence-corrected chi connectivity index (χ0v) is 17.6. The van der Waals surface area contributed by atoms with Crippen LogP contribution in [-0.2, 0) is 6.54 Å². The Morgan fingerprint density at radius 1 is 0.938 bits per heavy atom. The molecular weight excluding hydrogens is 396 g/mol. The molecule has 2 atom stereocenters. The van der Waals surface area contributed by atoms with Crippen LogP contribution in [0.1, 0.15) is 24.0 Å². The first-order chi connectivity index (χ1) is 15.8. The molecule has 156 valence electrons. The van der Waals surface area contributed by atoms with E-state index >= 15 is 0 Å². The summed E-state index contributed by atoms with van der Waals surface area (Å²) in [4.78, 5) is 2.57. The van der Waals surface area contributed by atoms with Gasteiger partial charge in [-0.25, -0.2) is 0 Å². The van der Waals surface area contributed by atoms with Crippen molar-refractivity contribution >= 4 is 5.69 Å². The van der Waals surface area contributed by atoms with Gasteiger partial charge in [0.1, 0.15) is 6.33 Å². The standard InChI is InChI=1S/C26H22N6/c27-11-17-1-3-18(4-2-17)21-10-25-26-29-28-16-32(26)24-8-7-23(9-22(24)15-31(25)14-21)30-12-19-5-6-20(19)13-30/h1-4,7-10,14,16,19-20H,5-6,12-13,15H2. The predicted octanol–water partition coefficient (Wildman–Crippen LogP) is 4.48. The van der Waals surface area contributed by atoms with E-state index in [2.05, 4.69) is 60.8 Å². The number of nitriles is 1. The molecule has 2 aliphatic heterocycles. The van der Waals surface area contributed by atoms with Crippen LogP contribution in [0.25, 0.3) is 28.3 Å². The van der Waals surface area contributed by atoms with Gasteiger partial charge in [0.25, 0.3) is 0 Å². The number of hydrogen-bond acceptors (Lipinski definition) is 4. The fourth-order valence-electron chi connectivity index (χ4n) is 5.59. The quantitative estimate of drug-likeness (QED) is 0.424. The fraction of sp³-hybridized carbons (Fsp3) is 0.269. The monoisotopic (exact) mass is 418 g/mol. The van der Waals surface area contributed by atoms with Crippen LogP contribution in [0.2, 0.25) is 0 Å². The van der Waals surface area contributed by atoms with Crippen LogP contribution in [0, 0.1) is 23.2 Å². The molecule has 0 spiro atoms. The second-order valence-electron chi connectivity index (χ2n) is 9.27. The summed E-state index contributed by atoms with van der Waals surface area (Å²) in [5.41, 5.74) is 7.70. The van der Waals surface area contributed by atoms with Crippen molar-refractivity contribution in [1.82, 2.24) is 19.3 Å². The molecule has 4 aromatic rings. The van der Waals surface area contributed by atoms with Gasteiger partial charge in [-0.15, -0.1) is 10.2 Å². The molecule has 6 nitrogen and oxygen atoms in total. The van der Waals surface area contributed by atoms with Crippen molar-refractivity contribution in [2.24, 2.45) is 11.8 Å². The van der Waals surface area contributed by atoms with Crippen molar-refractivity contribution in [3.63, 3.8) is 0 Å². The minimum atomic E-state index is 0.672. The largest absolute Gasteiger partial charge is 0.371 e. The second kappa shape index (κ2) is 6.57. The number of anilines is 1. The normalized spacial score (nSPS) is 20.4. The molecule has 4 heterocycles. The van der Waals surface area contributed by atoms with Gasteiger partial charge in [0, 0.05) is 37.1 Å². The van der Waals surface area contributed by atoms with Gasteiger partial charge in [0.05, 0.1) is 23.0 Å². The minimum absolute atomic E-state index is 0.672. The van der Waals surface area contributed by atoms with E-state index in [9.17, 15) is 0 Å². The Bertz CT molecular complexity index is 1370. The Balaban J connectivity index is 1.31. The lowest BCUT2D eigenvalue weighted by Gasteiger charge is -2.27. The van der Waals surface area contributed by atoms with Gasteiger partial charge in [-0.05, 0) is 72.2 Å². The molecule has 2 aromatic heterocycles. The lowest BCUT2D eigenvalue weighted by molar-refractivity contribution is 0.243. The molecule has 2 fully saturated rings. The van der Waals surface area contributed by atoms with E-state index in [0.717, 1.165) is 46.7 Å². The van der Waals surface area contributed by atoms with E-state index in [1.165, 1.54) is 37.2 Å². The van der Waals surface area contributed by atoms with Gasteiger partial charge in [0.2, 0.25) is 0 Å². The smallest absolute Gasteiger partial charge is 0.185 e. The third kappa shape index (κ3) is 2.57. The van der Waals surface area contributed by atoms with E-state index in [0.29, 0.717) is 5.56 Å². The molecule has 32 heavy (non-hydrogen) atoms. The van der Waals surface area contributed by atoms with Gasteiger partial charge in [-0.1, -0.05) is 12.1 Å². The van der Waals surface area contributed by atoms with Crippen molar-refractivity contribution in [3.8, 4) is 34.4 Å². The maximum Gasteiger partial charge on any atom is 0.185 e. The van der Waals surface area contributed by atoms with Crippen molar-refractivity contribution in [3.05, 3.63) is 72.2 Å². The summed E-state index contributed by atoms with van der Waals surface area (Å²) in [5, 5.41) is 17.8. The maximum absolute atomic E-state index is 9.10. The molecule has 0 bridgehead atoms. The van der Waals surface area contributed by atoms with E-state index in [4.69, 9.17) is 5.26 Å². The van der Waals surface area contributed by atoms with E-state index in [1.54, 1.807) is 0 Å². The highest BCUT2D eigenvalue weighted by atomic mass is 15.3. The second-order valence-corrected chi connectivity index (χ2v) is 9.27. The van der Waals surface area contributed by atoms with E-state index in [1.807, 2.05) is 30.6 Å². The van der Waals surface area contributed by atoms with Crippen LogP contribution in [0.15, 0.2) is 61.1 Å². The van der Waals surface area contributed by atoms with E-state index in [-0.39, 0.29) is 0 Å². The number of fused-ring (bicyclic) bond motifs is 6. The zero-order chi connectivity index (χ0) is 21.2. The molecule has 2 aromatic carbocycles. The topological polar surface area (TPSA) is 62.7 Å². The Hall–Kier alpha value is -3.85. The molecule has 7 rings (SSSR count). The van der Waals surface area contributed by atoms with Gasteiger partial charge in [0.15, 0.2) is 5.82 Å². The number of benzene rings is 2. The summed E-state index contributed by atoms with van der Waals surface area (Å²) in [7, 11) is 0. The Morgan fingerprint density at radius 3 is 2.50 bits per heavy atom. The van der Waals surface area contributed by atoms with Crippen molar-refractivity contribution in [2.45, 2.75) is 19.4 Å². The molecule has 0 N–H and O–H groups in total.